The van der Waals surface area contributed by atoms with Gasteiger partial charge in [0.15, 0.2) is 0 Å². The van der Waals surface area contributed by atoms with Crippen LogP contribution >= 0.6 is 0 Å². The normalized spacial score (nSPS) is 21.6. The molecule has 1 fully saturated rings. The molecular formula is C14H18N2O. The topological polar surface area (TPSA) is 32.7 Å². The maximum Gasteiger partial charge on any atom is 0.240 e. The summed E-state index contributed by atoms with van der Waals surface area (Å²) >= 11 is 0. The minimum atomic E-state index is 0.522. The van der Waals surface area contributed by atoms with Gasteiger partial charge in [-0.05, 0) is 56.9 Å². The third-order valence-corrected chi connectivity index (χ3v) is 3.49. The highest BCUT2D eigenvalue weighted by atomic mass is 16.1. The van der Waals surface area contributed by atoms with Crippen LogP contribution in [0.3, 0.4) is 0 Å². The first-order chi connectivity index (χ1) is 8.31. The maximum atomic E-state index is 10.4. The number of rotatable bonds is 2. The lowest BCUT2D eigenvalue weighted by Gasteiger charge is -2.16. The molecule has 1 aromatic rings. The first-order valence-corrected chi connectivity index (χ1v) is 6.16. The van der Waals surface area contributed by atoms with Gasteiger partial charge < -0.3 is 4.90 Å². The number of nitrogens with zero attached hydrogens (tertiary/aromatic N) is 2. The van der Waals surface area contributed by atoms with Gasteiger partial charge in [0, 0.05) is 0 Å². The highest BCUT2D eigenvalue weighted by Crippen LogP contribution is 2.33. The van der Waals surface area contributed by atoms with Crippen LogP contribution in [0, 0.1) is 0 Å². The molecule has 1 aliphatic rings. The van der Waals surface area contributed by atoms with Crippen LogP contribution < -0.4 is 0 Å². The van der Waals surface area contributed by atoms with Crippen molar-refractivity contribution < 1.29 is 4.79 Å². The van der Waals surface area contributed by atoms with Gasteiger partial charge in [-0.15, -0.1) is 0 Å². The van der Waals surface area contributed by atoms with Gasteiger partial charge in [0.1, 0.15) is 0 Å². The van der Waals surface area contributed by atoms with E-state index in [2.05, 4.69) is 23.0 Å². The SMILES string of the molecule is CN1CCCC(c2ccccc2N=C=O)CC1. The van der Waals surface area contributed by atoms with Gasteiger partial charge in [-0.1, -0.05) is 18.2 Å². The Morgan fingerprint density at radius 2 is 2.12 bits per heavy atom. The number of likely N-dealkylation sites (tertiary alicyclic amines) is 1. The molecule has 1 aromatic carbocycles. The average Bonchev–Trinajstić information content (AvgIpc) is 2.55. The molecule has 0 aliphatic carbocycles. The van der Waals surface area contributed by atoms with Crippen LogP contribution in [0.15, 0.2) is 29.3 Å². The van der Waals surface area contributed by atoms with E-state index in [9.17, 15) is 4.79 Å². The van der Waals surface area contributed by atoms with Crippen LogP contribution in [0.1, 0.15) is 30.7 Å². The summed E-state index contributed by atoms with van der Waals surface area (Å²) in [7, 11) is 2.16. The molecule has 1 aliphatic heterocycles. The highest BCUT2D eigenvalue weighted by molar-refractivity contribution is 5.54. The second-order valence-corrected chi connectivity index (χ2v) is 4.69. The van der Waals surface area contributed by atoms with E-state index in [1.54, 1.807) is 6.08 Å². The molecule has 1 atom stereocenters. The molecule has 90 valence electrons. The van der Waals surface area contributed by atoms with E-state index in [-0.39, 0.29) is 0 Å². The van der Waals surface area contributed by atoms with Crippen LogP contribution in [0.5, 0.6) is 0 Å². The van der Waals surface area contributed by atoms with Crippen LogP contribution in [0.4, 0.5) is 5.69 Å². The minimum absolute atomic E-state index is 0.522. The van der Waals surface area contributed by atoms with E-state index < -0.39 is 0 Å². The van der Waals surface area contributed by atoms with E-state index >= 15 is 0 Å². The Labute approximate surface area is 102 Å². The summed E-state index contributed by atoms with van der Waals surface area (Å²) in [6.45, 7) is 2.28. The molecule has 0 N–H and O–H groups in total. The summed E-state index contributed by atoms with van der Waals surface area (Å²) in [4.78, 5) is 16.6. The molecule has 1 unspecified atom stereocenters. The van der Waals surface area contributed by atoms with Gasteiger partial charge in [0.05, 0.1) is 5.69 Å². The van der Waals surface area contributed by atoms with Crippen LogP contribution in [-0.4, -0.2) is 31.1 Å². The van der Waals surface area contributed by atoms with Gasteiger partial charge in [-0.25, -0.2) is 4.79 Å². The number of hydrogen-bond acceptors (Lipinski definition) is 3. The number of carbonyl (C=O) groups excluding carboxylic acids is 1. The summed E-state index contributed by atoms with van der Waals surface area (Å²) in [6.07, 6.45) is 5.18. The Morgan fingerprint density at radius 3 is 2.94 bits per heavy atom. The minimum Gasteiger partial charge on any atom is -0.306 e. The number of isocyanates is 1. The average molecular weight is 230 g/mol. The fraction of sp³-hybridized carbons (Fsp3) is 0.500. The first-order valence-electron chi connectivity index (χ1n) is 6.16. The Morgan fingerprint density at radius 1 is 1.29 bits per heavy atom. The molecule has 0 aromatic heterocycles. The van der Waals surface area contributed by atoms with E-state index in [0.29, 0.717) is 5.92 Å². The molecule has 2 rings (SSSR count). The van der Waals surface area contributed by atoms with E-state index in [1.807, 2.05) is 18.2 Å². The number of benzene rings is 1. The second kappa shape index (κ2) is 5.76. The molecule has 1 saturated heterocycles. The van der Waals surface area contributed by atoms with Crippen molar-refractivity contribution >= 4 is 11.8 Å². The molecular weight excluding hydrogens is 212 g/mol. The Hall–Kier alpha value is -1.44. The van der Waals surface area contributed by atoms with E-state index in [0.717, 1.165) is 25.2 Å². The van der Waals surface area contributed by atoms with Gasteiger partial charge in [-0.3, -0.25) is 0 Å². The Kier molecular flexibility index (Phi) is 4.08. The van der Waals surface area contributed by atoms with Crippen molar-refractivity contribution in [2.75, 3.05) is 20.1 Å². The van der Waals surface area contributed by atoms with Crippen molar-refractivity contribution in [1.29, 1.82) is 0 Å². The zero-order chi connectivity index (χ0) is 12.1. The standard InChI is InChI=1S/C14H18N2O/c1-16-9-4-5-12(8-10-16)13-6-2-3-7-14(13)15-11-17/h2-3,6-7,12H,4-5,8-10H2,1H3. The zero-order valence-corrected chi connectivity index (χ0v) is 10.2. The lowest BCUT2D eigenvalue weighted by Crippen LogP contribution is -2.18. The van der Waals surface area contributed by atoms with Crippen molar-refractivity contribution in [2.45, 2.75) is 25.2 Å². The molecule has 17 heavy (non-hydrogen) atoms. The third-order valence-electron chi connectivity index (χ3n) is 3.49. The van der Waals surface area contributed by atoms with Crippen LogP contribution in [0.25, 0.3) is 0 Å². The summed E-state index contributed by atoms with van der Waals surface area (Å²) < 4.78 is 0. The fourth-order valence-corrected chi connectivity index (χ4v) is 2.53. The van der Waals surface area contributed by atoms with Crippen LogP contribution in [-0.2, 0) is 4.79 Å². The van der Waals surface area contributed by atoms with E-state index in [4.69, 9.17) is 0 Å². The Bertz CT molecular complexity index is 424. The summed E-state index contributed by atoms with van der Waals surface area (Å²) in [6, 6.07) is 7.93. The van der Waals surface area contributed by atoms with Crippen molar-refractivity contribution in [3.63, 3.8) is 0 Å². The van der Waals surface area contributed by atoms with Crippen molar-refractivity contribution in [2.24, 2.45) is 4.99 Å². The Balaban J connectivity index is 2.23. The third kappa shape index (κ3) is 3.02. The van der Waals surface area contributed by atoms with Gasteiger partial charge in [0.25, 0.3) is 0 Å². The molecule has 1 heterocycles. The summed E-state index contributed by atoms with van der Waals surface area (Å²) in [5.74, 6) is 0.522. The molecule has 0 bridgehead atoms. The van der Waals surface area contributed by atoms with Gasteiger partial charge in [-0.2, -0.15) is 4.99 Å². The fourth-order valence-electron chi connectivity index (χ4n) is 2.53. The number of para-hydroxylation sites is 1. The molecule has 3 nitrogen and oxygen atoms in total. The largest absolute Gasteiger partial charge is 0.306 e. The van der Waals surface area contributed by atoms with Gasteiger partial charge >= 0.3 is 0 Å². The summed E-state index contributed by atoms with van der Waals surface area (Å²) in [5, 5.41) is 0. The van der Waals surface area contributed by atoms with E-state index in [1.165, 1.54) is 18.4 Å². The first kappa shape index (κ1) is 12.0. The lowest BCUT2D eigenvalue weighted by atomic mass is 9.91. The number of aliphatic imine (C=N–C) groups is 1. The predicted octanol–water partition coefficient (Wildman–Crippen LogP) is 2.85. The van der Waals surface area contributed by atoms with Crippen molar-refractivity contribution in [3.05, 3.63) is 29.8 Å². The molecule has 0 radical (unpaired) electrons. The zero-order valence-electron chi connectivity index (χ0n) is 10.2. The second-order valence-electron chi connectivity index (χ2n) is 4.69. The molecule has 3 heteroatoms. The molecule has 0 spiro atoms. The highest BCUT2D eigenvalue weighted by Gasteiger charge is 2.18. The van der Waals surface area contributed by atoms with Crippen LogP contribution in [0.2, 0.25) is 0 Å². The van der Waals surface area contributed by atoms with Gasteiger partial charge in [0.2, 0.25) is 6.08 Å². The predicted molar refractivity (Wildman–Crippen MR) is 68.3 cm³/mol. The summed E-state index contributed by atoms with van der Waals surface area (Å²) in [5.41, 5.74) is 1.99. The number of hydrogen-bond donors (Lipinski definition) is 0. The molecule has 0 amide bonds. The smallest absolute Gasteiger partial charge is 0.240 e. The quantitative estimate of drug-likeness (QED) is 0.578. The lowest BCUT2D eigenvalue weighted by molar-refractivity contribution is 0.347. The van der Waals surface area contributed by atoms with Crippen molar-refractivity contribution in [3.8, 4) is 0 Å². The maximum absolute atomic E-state index is 10.4. The monoisotopic (exact) mass is 230 g/mol. The molecule has 0 saturated carbocycles. The van der Waals surface area contributed by atoms with Crippen molar-refractivity contribution in [1.82, 2.24) is 4.90 Å².